The van der Waals surface area contributed by atoms with Crippen LogP contribution in [0, 0.1) is 0 Å². The zero-order valence-corrected chi connectivity index (χ0v) is 10.2. The minimum atomic E-state index is -1.23. The molecule has 0 bridgehead atoms. The van der Waals surface area contributed by atoms with Gasteiger partial charge in [0.1, 0.15) is 5.54 Å². The average molecular weight is 242 g/mol. The van der Waals surface area contributed by atoms with E-state index >= 15 is 0 Å². The smallest absolute Gasteiger partial charge is 0.328 e. The number of rotatable bonds is 4. The van der Waals surface area contributed by atoms with E-state index in [0.29, 0.717) is 5.57 Å². The molecule has 0 saturated carbocycles. The zero-order valence-electron chi connectivity index (χ0n) is 10.2. The highest BCUT2D eigenvalue weighted by atomic mass is 16.4. The molecule has 4 N–H and O–H groups in total. The van der Waals surface area contributed by atoms with Gasteiger partial charge in [-0.1, -0.05) is 13.2 Å². The molecule has 0 aliphatic heterocycles. The second-order valence-electron chi connectivity index (χ2n) is 3.77. The lowest BCUT2D eigenvalue weighted by atomic mass is 10.1. The van der Waals surface area contributed by atoms with E-state index in [0.717, 1.165) is 6.08 Å². The highest BCUT2D eigenvalue weighted by Gasteiger charge is 2.27. The first-order valence-electron chi connectivity index (χ1n) is 4.68. The van der Waals surface area contributed by atoms with Crippen LogP contribution in [0.3, 0.4) is 0 Å². The Balaban J connectivity index is 0. The number of nitrogens with one attached hydrogen (secondary N) is 1. The van der Waals surface area contributed by atoms with Gasteiger partial charge in [-0.25, -0.2) is 4.79 Å². The molecule has 0 aromatic carbocycles. The van der Waals surface area contributed by atoms with Crippen LogP contribution in [0.4, 0.5) is 0 Å². The van der Waals surface area contributed by atoms with Gasteiger partial charge in [0.15, 0.2) is 0 Å². The lowest BCUT2D eigenvalue weighted by Gasteiger charge is -2.19. The molecule has 6 nitrogen and oxygen atoms in total. The van der Waals surface area contributed by atoms with Crippen LogP contribution in [0.25, 0.3) is 0 Å². The average Bonchev–Trinajstić information content (AvgIpc) is 2.17. The summed E-state index contributed by atoms with van der Waals surface area (Å²) in [5, 5.41) is 10.8. The van der Waals surface area contributed by atoms with E-state index < -0.39 is 23.3 Å². The fourth-order valence-electron chi connectivity index (χ4n) is 0.412. The fourth-order valence-corrected chi connectivity index (χ4v) is 0.412. The summed E-state index contributed by atoms with van der Waals surface area (Å²) in [7, 11) is 0. The van der Waals surface area contributed by atoms with Gasteiger partial charge in [-0.05, 0) is 26.8 Å². The minimum Gasteiger partial charge on any atom is -0.480 e. The van der Waals surface area contributed by atoms with Gasteiger partial charge in [-0.15, -0.1) is 0 Å². The van der Waals surface area contributed by atoms with Crippen LogP contribution < -0.4 is 11.1 Å². The summed E-state index contributed by atoms with van der Waals surface area (Å²) in [4.78, 5) is 30.9. The summed E-state index contributed by atoms with van der Waals surface area (Å²) in [6.07, 6.45) is 1.03. The summed E-state index contributed by atoms with van der Waals surface area (Å²) >= 11 is 0. The SMILES string of the molecule is C=C(C)C(N)=O.C=CC(=O)NC(C)(C)C(=O)O. The molecule has 0 spiro atoms. The maximum absolute atomic E-state index is 10.6. The highest BCUT2D eigenvalue weighted by molar-refractivity contribution is 5.92. The van der Waals surface area contributed by atoms with E-state index in [1.54, 1.807) is 6.92 Å². The van der Waals surface area contributed by atoms with Gasteiger partial charge in [0.05, 0.1) is 0 Å². The van der Waals surface area contributed by atoms with Gasteiger partial charge < -0.3 is 16.2 Å². The molecule has 0 aromatic heterocycles. The number of carbonyl (C=O) groups excluding carboxylic acids is 2. The Kier molecular flexibility index (Phi) is 7.33. The van der Waals surface area contributed by atoms with Crippen LogP contribution in [0.2, 0.25) is 0 Å². The van der Waals surface area contributed by atoms with E-state index in [1.807, 2.05) is 0 Å². The molecule has 0 aliphatic rings. The summed E-state index contributed by atoms with van der Waals surface area (Å²) in [6.45, 7) is 10.9. The highest BCUT2D eigenvalue weighted by Crippen LogP contribution is 2.00. The van der Waals surface area contributed by atoms with E-state index in [2.05, 4.69) is 18.5 Å². The van der Waals surface area contributed by atoms with Gasteiger partial charge >= 0.3 is 5.97 Å². The predicted molar refractivity (Wildman–Crippen MR) is 64.1 cm³/mol. The molecule has 0 aromatic rings. The number of amides is 2. The standard InChI is InChI=1S/C7H11NO3.C4H7NO/c1-4-5(9)8-7(2,3)6(10)11;1-3(2)4(5)6/h4H,1H2,2-3H3,(H,8,9)(H,10,11);1H2,2H3,(H2,5,6). The number of hydrogen-bond acceptors (Lipinski definition) is 3. The second kappa shape index (κ2) is 7.21. The van der Waals surface area contributed by atoms with E-state index in [4.69, 9.17) is 10.8 Å². The summed E-state index contributed by atoms with van der Waals surface area (Å²) in [6, 6.07) is 0. The number of carboxylic acids is 1. The van der Waals surface area contributed by atoms with Crippen LogP contribution in [-0.2, 0) is 14.4 Å². The fraction of sp³-hybridized carbons (Fsp3) is 0.364. The van der Waals surface area contributed by atoms with Crippen LogP contribution >= 0.6 is 0 Å². The summed E-state index contributed by atoms with van der Waals surface area (Å²) in [5.74, 6) is -2.00. The second-order valence-corrected chi connectivity index (χ2v) is 3.77. The molecule has 0 heterocycles. The molecule has 0 rings (SSSR count). The number of primary amides is 1. The normalized spacial score (nSPS) is 9.35. The van der Waals surface area contributed by atoms with Crippen LogP contribution in [0.5, 0.6) is 0 Å². The third-order valence-electron chi connectivity index (χ3n) is 1.58. The molecular formula is C11H18N2O4. The molecule has 6 heteroatoms. The molecule has 0 aliphatic carbocycles. The maximum atomic E-state index is 10.6. The molecule has 0 radical (unpaired) electrons. The Hall–Kier alpha value is -2.11. The molecule has 96 valence electrons. The van der Waals surface area contributed by atoms with Gasteiger partial charge in [0, 0.05) is 5.57 Å². The lowest BCUT2D eigenvalue weighted by Crippen LogP contribution is -2.49. The molecule has 0 unspecified atom stereocenters. The Bertz CT molecular complexity index is 333. The van der Waals surface area contributed by atoms with Crippen LogP contribution in [0.15, 0.2) is 24.8 Å². The number of carboxylic acid groups (broad SMARTS) is 1. The first kappa shape index (κ1) is 17.3. The molecular weight excluding hydrogens is 224 g/mol. The van der Waals surface area contributed by atoms with Gasteiger partial charge in [0.25, 0.3) is 0 Å². The van der Waals surface area contributed by atoms with Crippen molar-refractivity contribution in [3.05, 3.63) is 24.8 Å². The van der Waals surface area contributed by atoms with Crippen molar-refractivity contribution in [2.45, 2.75) is 26.3 Å². The topological polar surface area (TPSA) is 109 Å². The first-order chi connectivity index (χ1) is 7.54. The van der Waals surface area contributed by atoms with Crippen molar-refractivity contribution in [2.24, 2.45) is 5.73 Å². The third kappa shape index (κ3) is 8.86. The van der Waals surface area contributed by atoms with Crippen molar-refractivity contribution in [3.63, 3.8) is 0 Å². The zero-order chi connectivity index (χ0) is 14.2. The molecule has 17 heavy (non-hydrogen) atoms. The van der Waals surface area contributed by atoms with Crippen molar-refractivity contribution in [1.82, 2.24) is 5.32 Å². The largest absolute Gasteiger partial charge is 0.480 e. The first-order valence-corrected chi connectivity index (χ1v) is 4.68. The monoisotopic (exact) mass is 242 g/mol. The maximum Gasteiger partial charge on any atom is 0.328 e. The quantitative estimate of drug-likeness (QED) is 0.611. The van der Waals surface area contributed by atoms with E-state index in [9.17, 15) is 14.4 Å². The van der Waals surface area contributed by atoms with Gasteiger partial charge in [-0.3, -0.25) is 9.59 Å². The van der Waals surface area contributed by atoms with Crippen molar-refractivity contribution < 1.29 is 19.5 Å². The Morgan fingerprint density at radius 1 is 1.35 bits per heavy atom. The van der Waals surface area contributed by atoms with Crippen LogP contribution in [-0.4, -0.2) is 28.4 Å². The molecule has 2 amide bonds. The number of nitrogens with two attached hydrogens (primary N) is 1. The van der Waals surface area contributed by atoms with Crippen LogP contribution in [0.1, 0.15) is 20.8 Å². The van der Waals surface area contributed by atoms with Crippen molar-refractivity contribution >= 4 is 17.8 Å². The number of hydrogen-bond donors (Lipinski definition) is 3. The summed E-state index contributed by atoms with van der Waals surface area (Å²) in [5.41, 5.74) is 3.86. The van der Waals surface area contributed by atoms with E-state index in [1.165, 1.54) is 13.8 Å². The number of carbonyl (C=O) groups is 3. The Morgan fingerprint density at radius 2 is 1.71 bits per heavy atom. The van der Waals surface area contributed by atoms with E-state index in [-0.39, 0.29) is 0 Å². The third-order valence-corrected chi connectivity index (χ3v) is 1.58. The Morgan fingerprint density at radius 3 is 1.88 bits per heavy atom. The van der Waals surface area contributed by atoms with Crippen molar-refractivity contribution in [3.8, 4) is 0 Å². The summed E-state index contributed by atoms with van der Waals surface area (Å²) < 4.78 is 0. The molecule has 0 fully saturated rings. The Labute approximate surface area is 100 Å². The molecule has 0 atom stereocenters. The molecule has 0 saturated heterocycles. The minimum absolute atomic E-state index is 0.398. The number of aliphatic carboxylic acids is 1. The van der Waals surface area contributed by atoms with Gasteiger partial charge in [0.2, 0.25) is 11.8 Å². The lowest BCUT2D eigenvalue weighted by molar-refractivity contribution is -0.145. The van der Waals surface area contributed by atoms with Crippen molar-refractivity contribution in [2.75, 3.05) is 0 Å². The predicted octanol–water partition coefficient (Wildman–Crippen LogP) is 0.200. The van der Waals surface area contributed by atoms with Gasteiger partial charge in [-0.2, -0.15) is 0 Å². The van der Waals surface area contributed by atoms with Crippen molar-refractivity contribution in [1.29, 1.82) is 0 Å².